The van der Waals surface area contributed by atoms with Crippen LogP contribution in [0.15, 0.2) is 36.4 Å². The number of ether oxygens (including phenoxy) is 4. The van der Waals surface area contributed by atoms with E-state index in [9.17, 15) is 4.79 Å². The van der Waals surface area contributed by atoms with Gasteiger partial charge in [0.1, 0.15) is 30.8 Å². The molecule has 2 aromatic rings. The summed E-state index contributed by atoms with van der Waals surface area (Å²) in [6.07, 6.45) is 0. The van der Waals surface area contributed by atoms with Gasteiger partial charge in [-0.1, -0.05) is 65.8 Å². The average molecular weight is 441 g/mol. The molecule has 1 atom stereocenters. The van der Waals surface area contributed by atoms with Crippen LogP contribution < -0.4 is 9.47 Å². The first-order valence-electron chi connectivity index (χ1n) is 11.3. The van der Waals surface area contributed by atoms with E-state index in [-0.39, 0.29) is 23.6 Å². The first kappa shape index (κ1) is 24.3. The summed E-state index contributed by atoms with van der Waals surface area (Å²) in [5, 5.41) is 0. The molecular formula is C27H36O5. The predicted molar refractivity (Wildman–Crippen MR) is 126 cm³/mol. The molecule has 0 aromatic heterocycles. The minimum atomic E-state index is -0.433. The lowest BCUT2D eigenvalue weighted by Crippen LogP contribution is -2.17. The summed E-state index contributed by atoms with van der Waals surface area (Å²) in [5.74, 6) is 0.790. The smallest absolute Gasteiger partial charge is 0.323 e. The van der Waals surface area contributed by atoms with Gasteiger partial charge in [0, 0.05) is 17.7 Å². The Labute approximate surface area is 192 Å². The number of hydrogen-bond acceptors (Lipinski definition) is 5. The Morgan fingerprint density at radius 1 is 0.906 bits per heavy atom. The van der Waals surface area contributed by atoms with Crippen LogP contribution in [0.4, 0.5) is 0 Å². The molecule has 5 nitrogen and oxygen atoms in total. The summed E-state index contributed by atoms with van der Waals surface area (Å²) in [5.41, 5.74) is 3.96. The minimum Gasteiger partial charge on any atom is -0.491 e. The molecule has 0 N–H and O–H groups in total. The monoisotopic (exact) mass is 440 g/mol. The fourth-order valence-electron chi connectivity index (χ4n) is 3.75. The molecule has 0 spiro atoms. The summed E-state index contributed by atoms with van der Waals surface area (Å²) in [6, 6.07) is 12.0. The molecule has 1 heterocycles. The van der Waals surface area contributed by atoms with E-state index in [0.717, 1.165) is 22.4 Å². The number of fused-ring (bicyclic) bond motifs is 1. The van der Waals surface area contributed by atoms with Crippen LogP contribution in [0.25, 0.3) is 0 Å². The molecule has 5 heteroatoms. The second kappa shape index (κ2) is 9.63. The summed E-state index contributed by atoms with van der Waals surface area (Å²) < 4.78 is 22.0. The molecule has 2 aromatic carbocycles. The van der Waals surface area contributed by atoms with Crippen LogP contribution in [0.1, 0.15) is 76.6 Å². The van der Waals surface area contributed by atoms with Gasteiger partial charge in [-0.2, -0.15) is 0 Å². The van der Waals surface area contributed by atoms with Crippen LogP contribution >= 0.6 is 0 Å². The summed E-state index contributed by atoms with van der Waals surface area (Å²) >= 11 is 0. The van der Waals surface area contributed by atoms with Crippen molar-refractivity contribution in [3.63, 3.8) is 0 Å². The highest BCUT2D eigenvalue weighted by Crippen LogP contribution is 2.47. The maximum Gasteiger partial charge on any atom is 0.323 e. The van der Waals surface area contributed by atoms with Crippen molar-refractivity contribution < 1.29 is 23.7 Å². The molecule has 0 saturated carbocycles. The van der Waals surface area contributed by atoms with Crippen molar-refractivity contribution in [2.45, 2.75) is 65.2 Å². The highest BCUT2D eigenvalue weighted by Gasteiger charge is 2.39. The Hall–Kier alpha value is -2.37. The molecule has 174 valence electrons. The van der Waals surface area contributed by atoms with E-state index in [1.165, 1.54) is 5.56 Å². The van der Waals surface area contributed by atoms with E-state index in [1.54, 1.807) is 0 Å². The van der Waals surface area contributed by atoms with Crippen molar-refractivity contribution in [2.75, 3.05) is 26.6 Å². The van der Waals surface area contributed by atoms with E-state index < -0.39 is 5.92 Å². The van der Waals surface area contributed by atoms with Gasteiger partial charge in [0.25, 0.3) is 0 Å². The topological polar surface area (TPSA) is 54.0 Å². The maximum absolute atomic E-state index is 13.0. The van der Waals surface area contributed by atoms with E-state index in [0.29, 0.717) is 25.6 Å². The first-order valence-corrected chi connectivity index (χ1v) is 11.3. The molecule has 1 unspecified atom stereocenters. The normalized spacial score (nSPS) is 16.1. The lowest BCUT2D eigenvalue weighted by molar-refractivity contribution is -0.133. The maximum atomic E-state index is 13.0. The van der Waals surface area contributed by atoms with Crippen molar-refractivity contribution in [2.24, 2.45) is 0 Å². The highest BCUT2D eigenvalue weighted by atomic mass is 16.7. The lowest BCUT2D eigenvalue weighted by Gasteiger charge is -2.27. The SMILES string of the molecule is CCOCOCCOc1ccc(C2C(=O)Oc3c2cc(C(C)(C)C)cc3C(C)(C)C)cc1. The first-order chi connectivity index (χ1) is 15.0. The van der Waals surface area contributed by atoms with Gasteiger partial charge in [0.05, 0.1) is 6.61 Å². The second-order valence-electron chi connectivity index (χ2n) is 10.2. The van der Waals surface area contributed by atoms with E-state index in [4.69, 9.17) is 18.9 Å². The van der Waals surface area contributed by atoms with Crippen molar-refractivity contribution >= 4 is 5.97 Å². The second-order valence-corrected chi connectivity index (χ2v) is 10.2. The number of carbonyl (C=O) groups excluding carboxylic acids is 1. The largest absolute Gasteiger partial charge is 0.491 e. The summed E-state index contributed by atoms with van der Waals surface area (Å²) in [7, 11) is 0. The van der Waals surface area contributed by atoms with Gasteiger partial charge in [-0.3, -0.25) is 4.79 Å². The lowest BCUT2D eigenvalue weighted by atomic mass is 9.77. The fraction of sp³-hybridized carbons (Fsp3) is 0.519. The predicted octanol–water partition coefficient (Wildman–Crippen LogP) is 5.72. The molecule has 0 fully saturated rings. The number of esters is 1. The van der Waals surface area contributed by atoms with Gasteiger partial charge in [-0.15, -0.1) is 0 Å². The number of hydrogen-bond donors (Lipinski definition) is 0. The number of benzene rings is 2. The Morgan fingerprint density at radius 2 is 1.59 bits per heavy atom. The molecule has 0 bridgehead atoms. The molecule has 3 rings (SSSR count). The van der Waals surface area contributed by atoms with Crippen molar-refractivity contribution in [1.29, 1.82) is 0 Å². The minimum absolute atomic E-state index is 0.0346. The molecule has 32 heavy (non-hydrogen) atoms. The van der Waals surface area contributed by atoms with Crippen LogP contribution in [-0.2, 0) is 25.1 Å². The Bertz CT molecular complexity index is 932. The van der Waals surface area contributed by atoms with E-state index in [1.807, 2.05) is 31.2 Å². The van der Waals surface area contributed by atoms with Crippen LogP contribution in [0.5, 0.6) is 11.5 Å². The van der Waals surface area contributed by atoms with Crippen LogP contribution in [0, 0.1) is 0 Å². The third-order valence-electron chi connectivity index (χ3n) is 5.62. The number of carbonyl (C=O) groups is 1. The summed E-state index contributed by atoms with van der Waals surface area (Å²) in [4.78, 5) is 13.0. The van der Waals surface area contributed by atoms with Crippen LogP contribution in [0.2, 0.25) is 0 Å². The third-order valence-corrected chi connectivity index (χ3v) is 5.62. The standard InChI is InChI=1S/C27H36O5/c1-8-29-17-30-13-14-31-20-11-9-18(10-12-20)23-21-15-19(26(2,3)4)16-22(27(5,6)7)24(21)32-25(23)28/h9-12,15-16,23H,8,13-14,17H2,1-7H3. The van der Waals surface area contributed by atoms with Gasteiger partial charge in [-0.05, 0) is 41.0 Å². The van der Waals surface area contributed by atoms with Crippen molar-refractivity contribution in [3.8, 4) is 11.5 Å². The van der Waals surface area contributed by atoms with Gasteiger partial charge >= 0.3 is 5.97 Å². The molecule has 1 aliphatic heterocycles. The van der Waals surface area contributed by atoms with Gasteiger partial charge in [0.15, 0.2) is 0 Å². The highest BCUT2D eigenvalue weighted by molar-refractivity contribution is 5.90. The Balaban J connectivity index is 1.84. The fourth-order valence-corrected chi connectivity index (χ4v) is 3.75. The Morgan fingerprint density at radius 3 is 2.19 bits per heavy atom. The van der Waals surface area contributed by atoms with Gasteiger partial charge in [-0.25, -0.2) is 0 Å². The zero-order valence-electron chi connectivity index (χ0n) is 20.4. The molecule has 1 aliphatic rings. The van der Waals surface area contributed by atoms with Crippen molar-refractivity contribution in [3.05, 3.63) is 58.7 Å². The average Bonchev–Trinajstić information content (AvgIpc) is 3.04. The van der Waals surface area contributed by atoms with Gasteiger partial charge in [0.2, 0.25) is 0 Å². The van der Waals surface area contributed by atoms with Crippen molar-refractivity contribution in [1.82, 2.24) is 0 Å². The number of rotatable bonds is 8. The molecule has 0 aliphatic carbocycles. The Kier molecular flexibility index (Phi) is 7.31. The quantitative estimate of drug-likeness (QED) is 0.227. The van der Waals surface area contributed by atoms with Gasteiger partial charge < -0.3 is 18.9 Å². The zero-order valence-corrected chi connectivity index (χ0v) is 20.4. The summed E-state index contributed by atoms with van der Waals surface area (Å²) in [6.45, 7) is 16.8. The molecule has 0 radical (unpaired) electrons. The molecule has 0 saturated heterocycles. The zero-order chi connectivity index (χ0) is 23.5. The van der Waals surface area contributed by atoms with E-state index >= 15 is 0 Å². The molecular weight excluding hydrogens is 404 g/mol. The van der Waals surface area contributed by atoms with E-state index in [2.05, 4.69) is 53.7 Å². The third kappa shape index (κ3) is 5.51. The van der Waals surface area contributed by atoms with Crippen LogP contribution in [0.3, 0.4) is 0 Å². The molecule has 0 amide bonds. The van der Waals surface area contributed by atoms with Crippen LogP contribution in [-0.4, -0.2) is 32.6 Å².